The van der Waals surface area contributed by atoms with Crippen LogP contribution in [-0.4, -0.2) is 17.0 Å². The maximum Gasteiger partial charge on any atom is 0.337 e. The molecule has 1 aromatic carbocycles. The zero-order valence-corrected chi connectivity index (χ0v) is 10.8. The fourth-order valence-corrected chi connectivity index (χ4v) is 1.68. The number of carbonyl (C=O) groups excluding carboxylic acids is 1. The predicted molar refractivity (Wildman–Crippen MR) is 66.9 cm³/mol. The van der Waals surface area contributed by atoms with Crippen LogP contribution < -0.4 is 5.32 Å². The summed E-state index contributed by atoms with van der Waals surface area (Å²) in [4.78, 5) is 22.5. The molecule has 92 valence electrons. The number of carbonyl (C=O) groups is 2. The van der Waals surface area contributed by atoms with Crippen molar-refractivity contribution in [1.29, 1.82) is 0 Å². The average Bonchev–Trinajstić information content (AvgIpc) is 2.20. The van der Waals surface area contributed by atoms with Crippen LogP contribution in [0.3, 0.4) is 0 Å². The van der Waals surface area contributed by atoms with Gasteiger partial charge < -0.3 is 10.4 Å². The topological polar surface area (TPSA) is 66.4 Å². The number of benzene rings is 1. The third-order valence-electron chi connectivity index (χ3n) is 2.06. The van der Waals surface area contributed by atoms with Crippen molar-refractivity contribution in [2.45, 2.75) is 13.8 Å². The van der Waals surface area contributed by atoms with Gasteiger partial charge in [-0.05, 0) is 12.1 Å². The molecule has 6 heteroatoms. The summed E-state index contributed by atoms with van der Waals surface area (Å²) < 4.78 is 0. The van der Waals surface area contributed by atoms with Crippen LogP contribution in [0, 0.1) is 5.92 Å². The molecule has 0 aliphatic heterocycles. The Morgan fingerprint density at radius 2 is 1.88 bits per heavy atom. The summed E-state index contributed by atoms with van der Waals surface area (Å²) >= 11 is 11.6. The second-order valence-corrected chi connectivity index (χ2v) is 4.60. The van der Waals surface area contributed by atoms with Crippen LogP contribution in [0.25, 0.3) is 0 Å². The molecule has 0 heterocycles. The lowest BCUT2D eigenvalue weighted by atomic mass is 10.1. The minimum atomic E-state index is -1.20. The van der Waals surface area contributed by atoms with E-state index in [1.165, 1.54) is 12.1 Å². The Morgan fingerprint density at radius 1 is 1.29 bits per heavy atom. The zero-order chi connectivity index (χ0) is 13.2. The Hall–Kier alpha value is -1.26. The fourth-order valence-electron chi connectivity index (χ4n) is 1.14. The van der Waals surface area contributed by atoms with Gasteiger partial charge in [-0.3, -0.25) is 4.79 Å². The number of amides is 1. The van der Waals surface area contributed by atoms with Crippen LogP contribution in [-0.2, 0) is 4.79 Å². The largest absolute Gasteiger partial charge is 0.478 e. The van der Waals surface area contributed by atoms with Crippen LogP contribution in [0.2, 0.25) is 10.0 Å². The first-order chi connectivity index (χ1) is 7.82. The summed E-state index contributed by atoms with van der Waals surface area (Å²) in [6.07, 6.45) is 0. The lowest BCUT2D eigenvalue weighted by Gasteiger charge is -2.12. The van der Waals surface area contributed by atoms with Gasteiger partial charge in [-0.1, -0.05) is 37.0 Å². The first-order valence-corrected chi connectivity index (χ1v) is 5.61. The molecule has 1 amide bonds. The quantitative estimate of drug-likeness (QED) is 0.890. The molecular formula is C11H11Cl2NO3. The van der Waals surface area contributed by atoms with Crippen molar-refractivity contribution >= 4 is 40.8 Å². The number of carboxylic acid groups (broad SMARTS) is 1. The van der Waals surface area contributed by atoms with E-state index in [0.29, 0.717) is 0 Å². The molecular weight excluding hydrogens is 265 g/mol. The van der Waals surface area contributed by atoms with E-state index < -0.39 is 5.97 Å². The molecule has 0 atom stereocenters. The maximum atomic E-state index is 11.5. The van der Waals surface area contributed by atoms with Gasteiger partial charge in [0.25, 0.3) is 0 Å². The van der Waals surface area contributed by atoms with Gasteiger partial charge in [0.15, 0.2) is 0 Å². The van der Waals surface area contributed by atoms with E-state index in [4.69, 9.17) is 28.3 Å². The third kappa shape index (κ3) is 3.35. The molecule has 0 radical (unpaired) electrons. The van der Waals surface area contributed by atoms with Crippen LogP contribution >= 0.6 is 23.2 Å². The van der Waals surface area contributed by atoms with Crippen molar-refractivity contribution in [1.82, 2.24) is 0 Å². The normalized spacial score (nSPS) is 10.4. The van der Waals surface area contributed by atoms with Gasteiger partial charge >= 0.3 is 5.97 Å². The van der Waals surface area contributed by atoms with Crippen LogP contribution in [0.4, 0.5) is 5.69 Å². The van der Waals surface area contributed by atoms with Crippen molar-refractivity contribution in [3.8, 4) is 0 Å². The smallest absolute Gasteiger partial charge is 0.337 e. The van der Waals surface area contributed by atoms with Gasteiger partial charge in [0.2, 0.25) is 5.91 Å². The lowest BCUT2D eigenvalue weighted by molar-refractivity contribution is -0.118. The summed E-state index contributed by atoms with van der Waals surface area (Å²) in [5, 5.41) is 11.8. The van der Waals surface area contributed by atoms with Gasteiger partial charge in [-0.2, -0.15) is 0 Å². The molecule has 0 saturated carbocycles. The third-order valence-corrected chi connectivity index (χ3v) is 2.57. The van der Waals surface area contributed by atoms with Gasteiger partial charge in [0, 0.05) is 10.9 Å². The molecule has 17 heavy (non-hydrogen) atoms. The second kappa shape index (κ2) is 5.38. The minimum Gasteiger partial charge on any atom is -0.478 e. The highest BCUT2D eigenvalue weighted by Crippen LogP contribution is 2.30. The number of carboxylic acids is 1. The van der Waals surface area contributed by atoms with E-state index in [-0.39, 0.29) is 33.1 Å². The van der Waals surface area contributed by atoms with Crippen LogP contribution in [0.15, 0.2) is 12.1 Å². The summed E-state index contributed by atoms with van der Waals surface area (Å²) in [7, 11) is 0. The van der Waals surface area contributed by atoms with E-state index >= 15 is 0 Å². The lowest BCUT2D eigenvalue weighted by Crippen LogP contribution is -2.20. The molecule has 0 unspecified atom stereocenters. The molecule has 1 aromatic rings. The summed E-state index contributed by atoms with van der Waals surface area (Å²) in [5.74, 6) is -1.78. The Morgan fingerprint density at radius 3 is 2.35 bits per heavy atom. The number of anilines is 1. The predicted octanol–water partition coefficient (Wildman–Crippen LogP) is 3.29. The molecule has 0 saturated heterocycles. The van der Waals surface area contributed by atoms with E-state index in [0.717, 1.165) is 0 Å². The molecule has 0 aliphatic carbocycles. The van der Waals surface area contributed by atoms with E-state index in [9.17, 15) is 9.59 Å². The molecule has 0 aromatic heterocycles. The fraction of sp³-hybridized carbons (Fsp3) is 0.273. The van der Waals surface area contributed by atoms with Crippen molar-refractivity contribution in [3.05, 3.63) is 27.7 Å². The van der Waals surface area contributed by atoms with Crippen LogP contribution in [0.1, 0.15) is 24.2 Å². The Bertz CT molecular complexity index is 472. The van der Waals surface area contributed by atoms with Crippen molar-refractivity contribution < 1.29 is 14.7 Å². The van der Waals surface area contributed by atoms with Crippen molar-refractivity contribution in [2.75, 3.05) is 5.32 Å². The number of rotatable bonds is 3. The van der Waals surface area contributed by atoms with Gasteiger partial charge in [0.05, 0.1) is 16.3 Å². The highest BCUT2D eigenvalue weighted by molar-refractivity contribution is 6.37. The summed E-state index contributed by atoms with van der Waals surface area (Å²) in [6, 6.07) is 2.62. The molecule has 1 rings (SSSR count). The van der Waals surface area contributed by atoms with Gasteiger partial charge in [0.1, 0.15) is 0 Å². The molecule has 0 fully saturated rings. The number of halogens is 2. The number of aromatic carboxylic acids is 1. The van der Waals surface area contributed by atoms with Crippen LogP contribution in [0.5, 0.6) is 0 Å². The standard InChI is InChI=1S/C11H11Cl2NO3/c1-5(2)10(15)14-9-7(11(16)17)3-6(12)4-8(9)13/h3-5H,1-2H3,(H,14,15)(H,16,17). The van der Waals surface area contributed by atoms with Crippen molar-refractivity contribution in [3.63, 3.8) is 0 Å². The molecule has 2 N–H and O–H groups in total. The molecule has 4 nitrogen and oxygen atoms in total. The highest BCUT2D eigenvalue weighted by atomic mass is 35.5. The van der Waals surface area contributed by atoms with Gasteiger partial charge in [-0.25, -0.2) is 4.79 Å². The Balaban J connectivity index is 3.22. The first-order valence-electron chi connectivity index (χ1n) is 4.86. The van der Waals surface area contributed by atoms with E-state index in [1.807, 2.05) is 0 Å². The zero-order valence-electron chi connectivity index (χ0n) is 9.25. The molecule has 0 aliphatic rings. The highest BCUT2D eigenvalue weighted by Gasteiger charge is 2.18. The first kappa shape index (κ1) is 13.8. The number of nitrogens with one attached hydrogen (secondary N) is 1. The van der Waals surface area contributed by atoms with Crippen molar-refractivity contribution in [2.24, 2.45) is 5.92 Å². The van der Waals surface area contributed by atoms with E-state index in [1.54, 1.807) is 13.8 Å². The molecule has 0 bridgehead atoms. The van der Waals surface area contributed by atoms with E-state index in [2.05, 4.69) is 5.32 Å². The number of hydrogen-bond donors (Lipinski definition) is 2. The number of hydrogen-bond acceptors (Lipinski definition) is 2. The summed E-state index contributed by atoms with van der Waals surface area (Å²) in [5.41, 5.74) is -0.0567. The summed E-state index contributed by atoms with van der Waals surface area (Å²) in [6.45, 7) is 3.39. The monoisotopic (exact) mass is 275 g/mol. The second-order valence-electron chi connectivity index (χ2n) is 3.76. The Labute approximate surface area is 109 Å². The Kier molecular flexibility index (Phi) is 4.37. The molecule has 0 spiro atoms. The SMILES string of the molecule is CC(C)C(=O)Nc1c(Cl)cc(Cl)cc1C(=O)O. The average molecular weight is 276 g/mol. The van der Waals surface area contributed by atoms with Gasteiger partial charge in [-0.15, -0.1) is 0 Å². The maximum absolute atomic E-state index is 11.5. The minimum absolute atomic E-state index is 0.0715.